The lowest BCUT2D eigenvalue weighted by Crippen LogP contribution is -2.09. The first-order chi connectivity index (χ1) is 15.5. The molecule has 0 atom stereocenters. The van der Waals surface area contributed by atoms with E-state index in [-0.39, 0.29) is 23.7 Å². The van der Waals surface area contributed by atoms with E-state index in [1.807, 2.05) is 48.5 Å². The van der Waals surface area contributed by atoms with E-state index in [0.29, 0.717) is 11.1 Å². The number of carbonyl (C=O) groups excluding carboxylic acids is 2. The first-order valence-electron chi connectivity index (χ1n) is 9.90. The Labute approximate surface area is 186 Å². The molecule has 0 aliphatic carbocycles. The van der Waals surface area contributed by atoms with E-state index in [4.69, 9.17) is 14.2 Å². The van der Waals surface area contributed by atoms with Gasteiger partial charge in [0.1, 0.15) is 11.6 Å². The van der Waals surface area contributed by atoms with Crippen LogP contribution in [0.4, 0.5) is 0 Å². The summed E-state index contributed by atoms with van der Waals surface area (Å²) in [7, 11) is 1.44. The number of rotatable bonds is 7. The molecule has 0 saturated heterocycles. The molecule has 3 rings (SSSR count). The zero-order valence-corrected chi connectivity index (χ0v) is 17.7. The summed E-state index contributed by atoms with van der Waals surface area (Å²) < 4.78 is 15.7. The number of hydrogen-bond donors (Lipinski definition) is 0. The maximum Gasteiger partial charge on any atom is 0.348 e. The molecule has 0 aromatic heterocycles. The summed E-state index contributed by atoms with van der Waals surface area (Å²) in [5.41, 5.74) is 2.82. The molecule has 0 aliphatic heterocycles. The minimum Gasteiger partial charge on any atom is -0.493 e. The van der Waals surface area contributed by atoms with Crippen LogP contribution in [0, 0.1) is 11.3 Å². The predicted molar refractivity (Wildman–Crippen MR) is 120 cm³/mol. The molecule has 0 amide bonds. The quantitative estimate of drug-likeness (QED) is 0.227. The highest BCUT2D eigenvalue weighted by Gasteiger charge is 2.15. The van der Waals surface area contributed by atoms with Gasteiger partial charge in [0.15, 0.2) is 11.5 Å². The van der Waals surface area contributed by atoms with Crippen LogP contribution in [0.25, 0.3) is 17.2 Å². The number of carbonyl (C=O) groups is 2. The molecule has 0 N–H and O–H groups in total. The van der Waals surface area contributed by atoms with Gasteiger partial charge in [0.05, 0.1) is 19.3 Å². The van der Waals surface area contributed by atoms with Gasteiger partial charge < -0.3 is 14.2 Å². The molecule has 0 heterocycles. The fourth-order valence-corrected chi connectivity index (χ4v) is 2.96. The number of methoxy groups -OCH3 is 1. The molecule has 0 unspecified atom stereocenters. The van der Waals surface area contributed by atoms with Crippen LogP contribution in [0.2, 0.25) is 0 Å². The van der Waals surface area contributed by atoms with Gasteiger partial charge in [-0.2, -0.15) is 5.26 Å². The van der Waals surface area contributed by atoms with Crippen molar-refractivity contribution in [3.63, 3.8) is 0 Å². The molecule has 0 aliphatic rings. The van der Waals surface area contributed by atoms with Crippen LogP contribution in [0.3, 0.4) is 0 Å². The lowest BCUT2D eigenvalue weighted by Gasteiger charge is -2.10. The molecular formula is C26H21NO5. The number of nitrogens with zero attached hydrogens (tertiary/aromatic N) is 1. The zero-order valence-electron chi connectivity index (χ0n) is 17.7. The zero-order chi connectivity index (χ0) is 22.9. The molecule has 0 bridgehead atoms. The second-order valence-corrected chi connectivity index (χ2v) is 6.63. The molecule has 160 valence electrons. The van der Waals surface area contributed by atoms with Gasteiger partial charge in [0, 0.05) is 0 Å². The van der Waals surface area contributed by atoms with Gasteiger partial charge in [-0.25, -0.2) is 9.59 Å². The second-order valence-electron chi connectivity index (χ2n) is 6.63. The average Bonchev–Trinajstić information content (AvgIpc) is 2.84. The van der Waals surface area contributed by atoms with Crippen LogP contribution in [0.5, 0.6) is 11.5 Å². The SMILES string of the molecule is CCOC(=O)/C(C#N)=C/c1ccc(OC(=O)c2ccc(-c3ccccc3)cc2)c(OC)c1. The van der Waals surface area contributed by atoms with Crippen molar-refractivity contribution in [3.8, 4) is 28.7 Å². The van der Waals surface area contributed by atoms with Crippen LogP contribution in [0.1, 0.15) is 22.8 Å². The summed E-state index contributed by atoms with van der Waals surface area (Å²) in [6, 6.07) is 23.5. The van der Waals surface area contributed by atoms with Crippen molar-refractivity contribution in [2.24, 2.45) is 0 Å². The third-order valence-corrected chi connectivity index (χ3v) is 4.54. The van der Waals surface area contributed by atoms with E-state index < -0.39 is 11.9 Å². The largest absolute Gasteiger partial charge is 0.493 e. The van der Waals surface area contributed by atoms with Gasteiger partial charge in [-0.15, -0.1) is 0 Å². The van der Waals surface area contributed by atoms with Gasteiger partial charge in [-0.05, 0) is 54.0 Å². The third-order valence-electron chi connectivity index (χ3n) is 4.54. The summed E-state index contributed by atoms with van der Waals surface area (Å²) in [5, 5.41) is 9.18. The van der Waals surface area contributed by atoms with E-state index in [9.17, 15) is 14.9 Å². The molecule has 3 aromatic carbocycles. The lowest BCUT2D eigenvalue weighted by molar-refractivity contribution is -0.137. The molecule has 0 radical (unpaired) electrons. The smallest absolute Gasteiger partial charge is 0.348 e. The minimum absolute atomic E-state index is 0.142. The van der Waals surface area contributed by atoms with Crippen molar-refractivity contribution in [1.29, 1.82) is 5.26 Å². The Balaban J connectivity index is 1.78. The van der Waals surface area contributed by atoms with Crippen molar-refractivity contribution in [1.82, 2.24) is 0 Å². The van der Waals surface area contributed by atoms with E-state index in [1.54, 1.807) is 37.3 Å². The number of nitriles is 1. The van der Waals surface area contributed by atoms with E-state index in [0.717, 1.165) is 11.1 Å². The lowest BCUT2D eigenvalue weighted by atomic mass is 10.0. The Morgan fingerprint density at radius 1 is 0.938 bits per heavy atom. The number of ether oxygens (including phenoxy) is 3. The molecule has 6 nitrogen and oxygen atoms in total. The molecule has 6 heteroatoms. The first-order valence-corrected chi connectivity index (χ1v) is 9.90. The van der Waals surface area contributed by atoms with Gasteiger partial charge in [0.2, 0.25) is 0 Å². The van der Waals surface area contributed by atoms with E-state index in [2.05, 4.69) is 0 Å². The third kappa shape index (κ3) is 5.41. The molecule has 0 fully saturated rings. The topological polar surface area (TPSA) is 85.6 Å². The van der Waals surface area contributed by atoms with Gasteiger partial charge >= 0.3 is 11.9 Å². The van der Waals surface area contributed by atoms with Crippen LogP contribution in [0.15, 0.2) is 78.4 Å². The average molecular weight is 427 g/mol. The minimum atomic E-state index is -0.705. The molecule has 3 aromatic rings. The fraction of sp³-hybridized carbons (Fsp3) is 0.115. The Morgan fingerprint density at radius 2 is 1.62 bits per heavy atom. The van der Waals surface area contributed by atoms with Crippen LogP contribution in [-0.2, 0) is 9.53 Å². The Morgan fingerprint density at radius 3 is 2.25 bits per heavy atom. The highest BCUT2D eigenvalue weighted by molar-refractivity contribution is 5.98. The molecule has 32 heavy (non-hydrogen) atoms. The summed E-state index contributed by atoms with van der Waals surface area (Å²) in [5.74, 6) is -0.732. The fourth-order valence-electron chi connectivity index (χ4n) is 2.96. The van der Waals surface area contributed by atoms with E-state index in [1.165, 1.54) is 13.2 Å². The number of hydrogen-bond acceptors (Lipinski definition) is 6. The highest BCUT2D eigenvalue weighted by Crippen LogP contribution is 2.30. The first kappa shape index (κ1) is 22.3. The van der Waals surface area contributed by atoms with Crippen molar-refractivity contribution in [3.05, 3.63) is 89.5 Å². The van der Waals surface area contributed by atoms with Crippen molar-refractivity contribution < 1.29 is 23.8 Å². The maximum atomic E-state index is 12.6. The number of esters is 2. The van der Waals surface area contributed by atoms with Gasteiger partial charge in [-0.1, -0.05) is 48.5 Å². The standard InChI is InChI=1S/C26H21NO5/c1-3-31-25(28)22(17-27)15-18-9-14-23(24(16-18)30-2)32-26(29)21-12-10-20(11-13-21)19-7-5-4-6-8-19/h4-16H,3H2,1-2H3/b22-15+. The monoisotopic (exact) mass is 427 g/mol. The summed E-state index contributed by atoms with van der Waals surface area (Å²) in [4.78, 5) is 24.4. The predicted octanol–water partition coefficient (Wildman–Crippen LogP) is 5.05. The van der Waals surface area contributed by atoms with Crippen LogP contribution < -0.4 is 9.47 Å². The van der Waals surface area contributed by atoms with Gasteiger partial charge in [0.25, 0.3) is 0 Å². The Kier molecular flexibility index (Phi) is 7.39. The Hall–Kier alpha value is -4.37. The van der Waals surface area contributed by atoms with E-state index >= 15 is 0 Å². The Bertz CT molecular complexity index is 1180. The second kappa shape index (κ2) is 10.6. The number of benzene rings is 3. The maximum absolute atomic E-state index is 12.6. The molecular weight excluding hydrogens is 406 g/mol. The summed E-state index contributed by atoms with van der Waals surface area (Å²) >= 11 is 0. The summed E-state index contributed by atoms with van der Waals surface area (Å²) in [6.07, 6.45) is 1.38. The molecule has 0 spiro atoms. The van der Waals surface area contributed by atoms with Crippen molar-refractivity contribution in [2.45, 2.75) is 6.92 Å². The molecule has 0 saturated carbocycles. The van der Waals surface area contributed by atoms with Crippen LogP contribution >= 0.6 is 0 Å². The highest BCUT2D eigenvalue weighted by atomic mass is 16.6. The van der Waals surface area contributed by atoms with Gasteiger partial charge in [-0.3, -0.25) is 0 Å². The summed E-state index contributed by atoms with van der Waals surface area (Å²) in [6.45, 7) is 1.83. The van der Waals surface area contributed by atoms with Crippen LogP contribution in [-0.4, -0.2) is 25.7 Å². The normalized spacial score (nSPS) is 10.7. The van der Waals surface area contributed by atoms with Crippen molar-refractivity contribution >= 4 is 18.0 Å². The van der Waals surface area contributed by atoms with Crippen molar-refractivity contribution in [2.75, 3.05) is 13.7 Å².